The Bertz CT molecular complexity index is 58.6. The Labute approximate surface area is 42.4 Å². The molecule has 0 amide bonds. The van der Waals surface area contributed by atoms with Crippen LogP contribution in [0.1, 0.15) is 19.8 Å². The van der Waals surface area contributed by atoms with Crippen LogP contribution in [0.5, 0.6) is 0 Å². The van der Waals surface area contributed by atoms with Crippen molar-refractivity contribution in [2.75, 3.05) is 0 Å². The van der Waals surface area contributed by atoms with Crippen molar-refractivity contribution in [3.05, 3.63) is 0 Å². The summed E-state index contributed by atoms with van der Waals surface area (Å²) in [6.45, 7) is 2.19. The Morgan fingerprint density at radius 2 is 2.17 bits per heavy atom. The van der Waals surface area contributed by atoms with Crippen LogP contribution in [0.4, 0.5) is 0 Å². The first kappa shape index (κ1) is 4.47. The van der Waals surface area contributed by atoms with E-state index in [1.54, 1.807) is 0 Å². The summed E-state index contributed by atoms with van der Waals surface area (Å²) in [5, 5.41) is 5.28. The van der Waals surface area contributed by atoms with E-state index in [2.05, 4.69) is 6.92 Å². The lowest BCUT2D eigenvalue weighted by Gasteiger charge is -1.96. The van der Waals surface area contributed by atoms with Crippen molar-refractivity contribution in [3.63, 3.8) is 0 Å². The normalized spacial score (nSPS) is 27.0. The van der Waals surface area contributed by atoms with Gasteiger partial charge in [0.15, 0.2) is 0 Å². The first-order chi connectivity index (χ1) is 2.77. The van der Waals surface area contributed by atoms with Gasteiger partial charge in [0.05, 0.1) is 0 Å². The molecule has 0 heterocycles. The topological polar surface area (TPSA) is 26.0 Å². The summed E-state index contributed by atoms with van der Waals surface area (Å²) in [5.41, 5.74) is 0. The minimum absolute atomic E-state index is 0.486. The fourth-order valence-electron chi connectivity index (χ4n) is 0.294. The molecule has 0 radical (unpaired) electrons. The van der Waals surface area contributed by atoms with E-state index in [1.807, 2.05) is 0 Å². The van der Waals surface area contributed by atoms with E-state index >= 15 is 0 Å². The maximum Gasteiger partial charge on any atom is 0.0275 e. The molecule has 2 N–H and O–H groups in total. The van der Waals surface area contributed by atoms with Gasteiger partial charge in [-0.3, -0.25) is 5.14 Å². The SMILES string of the molecule is CC1(SN)CC1. The number of nitrogens with two attached hydrogens (primary N) is 1. The maximum atomic E-state index is 5.28. The monoisotopic (exact) mass is 103 g/mol. The first-order valence-corrected chi connectivity index (χ1v) is 3.03. The molecule has 2 heteroatoms. The Morgan fingerprint density at radius 3 is 2.17 bits per heavy atom. The summed E-state index contributed by atoms with van der Waals surface area (Å²) >= 11 is 1.49. The molecule has 0 unspecified atom stereocenters. The molecule has 1 rings (SSSR count). The van der Waals surface area contributed by atoms with Crippen LogP contribution in [0.15, 0.2) is 0 Å². The zero-order chi connectivity index (χ0) is 4.62. The standard InChI is InChI=1S/C4H9NS/c1-4(6-5)2-3-4/h2-3,5H2,1H3. The van der Waals surface area contributed by atoms with Crippen LogP contribution in [-0.2, 0) is 0 Å². The van der Waals surface area contributed by atoms with Gasteiger partial charge < -0.3 is 0 Å². The van der Waals surface area contributed by atoms with Crippen LogP contribution < -0.4 is 5.14 Å². The maximum absolute atomic E-state index is 5.28. The zero-order valence-corrected chi connectivity index (χ0v) is 4.72. The van der Waals surface area contributed by atoms with E-state index in [4.69, 9.17) is 5.14 Å². The van der Waals surface area contributed by atoms with Gasteiger partial charge in [-0.15, -0.1) is 0 Å². The van der Waals surface area contributed by atoms with Crippen molar-refractivity contribution < 1.29 is 0 Å². The number of hydrogen-bond acceptors (Lipinski definition) is 2. The molecular formula is C4H9NS. The van der Waals surface area contributed by atoms with Crippen LogP contribution in [0.2, 0.25) is 0 Å². The summed E-state index contributed by atoms with van der Waals surface area (Å²) in [5.74, 6) is 0. The fraction of sp³-hybridized carbons (Fsp3) is 1.00. The van der Waals surface area contributed by atoms with Crippen molar-refractivity contribution in [1.29, 1.82) is 0 Å². The van der Waals surface area contributed by atoms with Crippen LogP contribution in [0, 0.1) is 0 Å². The third-order valence-electron chi connectivity index (χ3n) is 1.24. The Balaban J connectivity index is 2.28. The van der Waals surface area contributed by atoms with Gasteiger partial charge in [0, 0.05) is 4.75 Å². The highest BCUT2D eigenvalue weighted by atomic mass is 32.2. The molecule has 36 valence electrons. The van der Waals surface area contributed by atoms with E-state index in [1.165, 1.54) is 24.8 Å². The summed E-state index contributed by atoms with van der Waals surface area (Å²) in [4.78, 5) is 0. The van der Waals surface area contributed by atoms with E-state index in [-0.39, 0.29) is 0 Å². The Kier molecular flexibility index (Phi) is 0.848. The predicted octanol–water partition coefficient (Wildman–Crippen LogP) is 1.15. The minimum Gasteiger partial charge on any atom is -0.277 e. The molecule has 0 bridgehead atoms. The van der Waals surface area contributed by atoms with Gasteiger partial charge in [-0.05, 0) is 19.8 Å². The number of hydrogen-bond donors (Lipinski definition) is 1. The van der Waals surface area contributed by atoms with Gasteiger partial charge in [-0.1, -0.05) is 11.9 Å². The van der Waals surface area contributed by atoms with Crippen molar-refractivity contribution in [2.45, 2.75) is 24.5 Å². The fourth-order valence-corrected chi connectivity index (χ4v) is 0.632. The summed E-state index contributed by atoms with van der Waals surface area (Å²) in [7, 11) is 0. The average molecular weight is 103 g/mol. The molecule has 0 aliphatic heterocycles. The molecule has 0 aromatic rings. The summed E-state index contributed by atoms with van der Waals surface area (Å²) in [6.07, 6.45) is 2.63. The molecule has 0 atom stereocenters. The van der Waals surface area contributed by atoms with Gasteiger partial charge >= 0.3 is 0 Å². The van der Waals surface area contributed by atoms with Gasteiger partial charge in [-0.25, -0.2) is 0 Å². The molecule has 0 spiro atoms. The van der Waals surface area contributed by atoms with E-state index in [0.717, 1.165) is 0 Å². The van der Waals surface area contributed by atoms with E-state index < -0.39 is 0 Å². The van der Waals surface area contributed by atoms with Crippen LogP contribution in [-0.4, -0.2) is 4.75 Å². The molecule has 0 saturated heterocycles. The second-order valence-electron chi connectivity index (χ2n) is 2.07. The van der Waals surface area contributed by atoms with Gasteiger partial charge in [0.2, 0.25) is 0 Å². The molecular weight excluding hydrogens is 94.1 g/mol. The third kappa shape index (κ3) is 0.684. The highest BCUT2D eigenvalue weighted by Crippen LogP contribution is 2.44. The van der Waals surface area contributed by atoms with Gasteiger partial charge in [0.1, 0.15) is 0 Å². The smallest absolute Gasteiger partial charge is 0.0275 e. The highest BCUT2D eigenvalue weighted by Gasteiger charge is 2.36. The second kappa shape index (κ2) is 1.14. The lowest BCUT2D eigenvalue weighted by molar-refractivity contribution is 1.05. The van der Waals surface area contributed by atoms with Crippen molar-refractivity contribution >= 4 is 11.9 Å². The average Bonchev–Trinajstić information content (AvgIpc) is 2.22. The molecule has 0 aromatic heterocycles. The molecule has 6 heavy (non-hydrogen) atoms. The van der Waals surface area contributed by atoms with E-state index in [0.29, 0.717) is 4.75 Å². The van der Waals surface area contributed by atoms with E-state index in [9.17, 15) is 0 Å². The Hall–Kier alpha value is 0.310. The lowest BCUT2D eigenvalue weighted by atomic mass is 10.5. The van der Waals surface area contributed by atoms with Gasteiger partial charge in [0.25, 0.3) is 0 Å². The highest BCUT2D eigenvalue weighted by molar-refractivity contribution is 7.98. The molecule has 1 saturated carbocycles. The molecule has 1 aliphatic carbocycles. The molecule has 1 nitrogen and oxygen atoms in total. The number of rotatable bonds is 1. The molecule has 1 fully saturated rings. The Morgan fingerprint density at radius 1 is 1.67 bits per heavy atom. The molecule has 0 aromatic carbocycles. The first-order valence-electron chi connectivity index (χ1n) is 2.15. The molecule has 1 aliphatic rings. The van der Waals surface area contributed by atoms with Crippen molar-refractivity contribution in [1.82, 2.24) is 0 Å². The van der Waals surface area contributed by atoms with Gasteiger partial charge in [-0.2, -0.15) is 0 Å². The zero-order valence-electron chi connectivity index (χ0n) is 3.90. The minimum atomic E-state index is 0.486. The van der Waals surface area contributed by atoms with Crippen LogP contribution in [0.3, 0.4) is 0 Å². The quantitative estimate of drug-likeness (QED) is 0.504. The van der Waals surface area contributed by atoms with Crippen LogP contribution in [0.25, 0.3) is 0 Å². The second-order valence-corrected chi connectivity index (χ2v) is 3.29. The third-order valence-corrected chi connectivity index (χ3v) is 2.22. The largest absolute Gasteiger partial charge is 0.277 e. The lowest BCUT2D eigenvalue weighted by Crippen LogP contribution is -1.96. The van der Waals surface area contributed by atoms with Crippen molar-refractivity contribution in [2.24, 2.45) is 5.14 Å². The van der Waals surface area contributed by atoms with Crippen molar-refractivity contribution in [3.8, 4) is 0 Å². The van der Waals surface area contributed by atoms with Crippen LogP contribution >= 0.6 is 11.9 Å². The predicted molar refractivity (Wildman–Crippen MR) is 29.4 cm³/mol. The summed E-state index contributed by atoms with van der Waals surface area (Å²) in [6, 6.07) is 0. The summed E-state index contributed by atoms with van der Waals surface area (Å²) < 4.78 is 0.486.